The number of hydrogen-bond acceptors (Lipinski definition) is 2. The molecule has 0 saturated heterocycles. The van der Waals surface area contributed by atoms with Crippen LogP contribution in [0.2, 0.25) is 0 Å². The molecule has 1 aromatic carbocycles. The van der Waals surface area contributed by atoms with E-state index in [-0.39, 0.29) is 0 Å². The second-order valence-corrected chi connectivity index (χ2v) is 5.92. The smallest absolute Gasteiger partial charge is 0.0752 e. The maximum absolute atomic E-state index is 5.80. The zero-order valence-corrected chi connectivity index (χ0v) is 11.6. The number of nitrogens with two attached hydrogens (primary N) is 1. The van der Waals surface area contributed by atoms with E-state index in [1.54, 1.807) is 11.3 Å². The summed E-state index contributed by atoms with van der Waals surface area (Å²) in [6, 6.07) is 10.5. The van der Waals surface area contributed by atoms with Gasteiger partial charge in [-0.15, -0.1) is 11.3 Å². The van der Waals surface area contributed by atoms with Gasteiger partial charge in [0.2, 0.25) is 0 Å². The molecule has 2 rings (SSSR count). The predicted molar refractivity (Wildman–Crippen MR) is 74.7 cm³/mol. The molecule has 16 heavy (non-hydrogen) atoms. The lowest BCUT2D eigenvalue weighted by molar-refractivity contribution is 1.01. The van der Waals surface area contributed by atoms with E-state index in [0.29, 0.717) is 6.54 Å². The van der Waals surface area contributed by atoms with Gasteiger partial charge in [0.05, 0.1) is 3.79 Å². The second-order valence-electron chi connectivity index (χ2n) is 3.59. The van der Waals surface area contributed by atoms with E-state index >= 15 is 0 Å². The molecule has 0 aliphatic heterocycles. The summed E-state index contributed by atoms with van der Waals surface area (Å²) in [5, 5.41) is 0. The van der Waals surface area contributed by atoms with Crippen LogP contribution in [0.4, 0.5) is 0 Å². The van der Waals surface area contributed by atoms with Gasteiger partial charge in [-0.05, 0) is 39.0 Å². The zero-order chi connectivity index (χ0) is 11.5. The summed E-state index contributed by atoms with van der Waals surface area (Å²) in [5.41, 5.74) is 9.71. The van der Waals surface area contributed by atoms with Crippen LogP contribution in [0.1, 0.15) is 18.1 Å². The van der Waals surface area contributed by atoms with Gasteiger partial charge in [-0.25, -0.2) is 0 Å². The molecule has 1 nitrogen and oxygen atoms in total. The van der Waals surface area contributed by atoms with Crippen LogP contribution in [-0.2, 0) is 13.0 Å². The van der Waals surface area contributed by atoms with Crippen LogP contribution in [0.3, 0.4) is 0 Å². The number of hydrogen-bond donors (Lipinski definition) is 1. The fourth-order valence-electron chi connectivity index (χ4n) is 1.87. The summed E-state index contributed by atoms with van der Waals surface area (Å²) in [5.74, 6) is 0. The molecular weight excluding hydrogens is 282 g/mol. The van der Waals surface area contributed by atoms with Crippen molar-refractivity contribution in [1.82, 2.24) is 0 Å². The summed E-state index contributed by atoms with van der Waals surface area (Å²) in [4.78, 5) is 1.34. The topological polar surface area (TPSA) is 26.0 Å². The molecule has 1 aromatic heterocycles. The normalized spacial score (nSPS) is 10.7. The molecule has 0 aliphatic carbocycles. The predicted octanol–water partition coefficient (Wildman–Crippen LogP) is 4.20. The van der Waals surface area contributed by atoms with Crippen molar-refractivity contribution in [2.45, 2.75) is 19.9 Å². The Bertz CT molecular complexity index is 476. The fraction of sp³-hybridized carbons (Fsp3) is 0.231. The van der Waals surface area contributed by atoms with E-state index in [2.05, 4.69) is 47.1 Å². The van der Waals surface area contributed by atoms with E-state index in [0.717, 1.165) is 6.42 Å². The molecule has 0 saturated carbocycles. The Morgan fingerprint density at radius 2 is 1.88 bits per heavy atom. The number of halogens is 1. The van der Waals surface area contributed by atoms with Crippen molar-refractivity contribution in [2.75, 3.05) is 0 Å². The molecule has 0 unspecified atom stereocenters. The van der Waals surface area contributed by atoms with E-state index in [9.17, 15) is 0 Å². The van der Waals surface area contributed by atoms with Crippen molar-refractivity contribution in [3.05, 3.63) is 45.2 Å². The van der Waals surface area contributed by atoms with Gasteiger partial charge in [0.15, 0.2) is 0 Å². The molecule has 0 spiro atoms. The van der Waals surface area contributed by atoms with Crippen LogP contribution in [0.5, 0.6) is 0 Å². The first-order valence-corrected chi connectivity index (χ1v) is 6.94. The molecule has 84 valence electrons. The lowest BCUT2D eigenvalue weighted by atomic mass is 10.0. The standard InChI is InChI=1S/C13H14BrNS/c1-2-10-11(8-15)13(14)16-12(10)9-6-4-3-5-7-9/h3-7H,2,8,15H2,1H3. The highest BCUT2D eigenvalue weighted by Gasteiger charge is 2.14. The molecule has 0 amide bonds. The molecular formula is C13H14BrNS. The Balaban J connectivity index is 2.57. The van der Waals surface area contributed by atoms with Gasteiger partial charge < -0.3 is 5.73 Å². The van der Waals surface area contributed by atoms with Gasteiger partial charge in [-0.1, -0.05) is 37.3 Å². The van der Waals surface area contributed by atoms with Crippen LogP contribution < -0.4 is 5.73 Å². The average Bonchev–Trinajstić information content (AvgIpc) is 2.66. The van der Waals surface area contributed by atoms with Crippen molar-refractivity contribution < 1.29 is 0 Å². The molecule has 0 atom stereocenters. The molecule has 3 heteroatoms. The van der Waals surface area contributed by atoms with Crippen molar-refractivity contribution in [3.63, 3.8) is 0 Å². The van der Waals surface area contributed by atoms with Crippen LogP contribution >= 0.6 is 27.3 Å². The minimum absolute atomic E-state index is 0.604. The SMILES string of the molecule is CCc1c(-c2ccccc2)sc(Br)c1CN. The first-order chi connectivity index (χ1) is 7.77. The van der Waals surface area contributed by atoms with Gasteiger partial charge in [-0.2, -0.15) is 0 Å². The van der Waals surface area contributed by atoms with E-state index in [1.165, 1.54) is 25.4 Å². The summed E-state index contributed by atoms with van der Waals surface area (Å²) < 4.78 is 1.17. The number of benzene rings is 1. The minimum atomic E-state index is 0.604. The maximum atomic E-state index is 5.80. The highest BCUT2D eigenvalue weighted by Crippen LogP contribution is 2.39. The fourth-order valence-corrected chi connectivity index (χ4v) is 3.91. The van der Waals surface area contributed by atoms with Crippen molar-refractivity contribution in [3.8, 4) is 10.4 Å². The first kappa shape index (κ1) is 11.8. The van der Waals surface area contributed by atoms with Crippen LogP contribution in [0.15, 0.2) is 34.1 Å². The van der Waals surface area contributed by atoms with Gasteiger partial charge in [0, 0.05) is 11.4 Å². The molecule has 0 radical (unpaired) electrons. The summed E-state index contributed by atoms with van der Waals surface area (Å²) in [7, 11) is 0. The Kier molecular flexibility index (Phi) is 3.79. The zero-order valence-electron chi connectivity index (χ0n) is 9.16. The van der Waals surface area contributed by atoms with Crippen molar-refractivity contribution >= 4 is 27.3 Å². The largest absolute Gasteiger partial charge is 0.326 e. The Morgan fingerprint density at radius 3 is 2.44 bits per heavy atom. The third-order valence-corrected chi connectivity index (χ3v) is 4.74. The van der Waals surface area contributed by atoms with E-state index in [4.69, 9.17) is 5.73 Å². The minimum Gasteiger partial charge on any atom is -0.326 e. The first-order valence-electron chi connectivity index (χ1n) is 5.33. The van der Waals surface area contributed by atoms with Gasteiger partial charge in [0.1, 0.15) is 0 Å². The van der Waals surface area contributed by atoms with Gasteiger partial charge in [0.25, 0.3) is 0 Å². The molecule has 2 aromatic rings. The molecule has 0 bridgehead atoms. The van der Waals surface area contributed by atoms with Gasteiger partial charge in [-0.3, -0.25) is 0 Å². The quantitative estimate of drug-likeness (QED) is 0.902. The van der Waals surface area contributed by atoms with Crippen molar-refractivity contribution in [1.29, 1.82) is 0 Å². The molecule has 0 aliphatic rings. The lowest BCUT2D eigenvalue weighted by Gasteiger charge is -2.03. The third kappa shape index (κ3) is 2.08. The molecule has 2 N–H and O–H groups in total. The second kappa shape index (κ2) is 5.13. The van der Waals surface area contributed by atoms with Crippen LogP contribution in [0, 0.1) is 0 Å². The van der Waals surface area contributed by atoms with Crippen LogP contribution in [0.25, 0.3) is 10.4 Å². The lowest BCUT2D eigenvalue weighted by Crippen LogP contribution is -1.99. The van der Waals surface area contributed by atoms with Crippen molar-refractivity contribution in [2.24, 2.45) is 5.73 Å². The maximum Gasteiger partial charge on any atom is 0.0752 e. The Hall–Kier alpha value is -0.640. The third-order valence-electron chi connectivity index (χ3n) is 2.66. The average molecular weight is 296 g/mol. The Morgan fingerprint density at radius 1 is 1.19 bits per heavy atom. The molecule has 0 fully saturated rings. The highest BCUT2D eigenvalue weighted by molar-refractivity contribution is 9.11. The summed E-state index contributed by atoms with van der Waals surface area (Å²) in [6.07, 6.45) is 1.03. The number of rotatable bonds is 3. The number of thiophene rings is 1. The van der Waals surface area contributed by atoms with Gasteiger partial charge >= 0.3 is 0 Å². The highest BCUT2D eigenvalue weighted by atomic mass is 79.9. The van der Waals surface area contributed by atoms with E-state index < -0.39 is 0 Å². The monoisotopic (exact) mass is 295 g/mol. The Labute approximate surface area is 108 Å². The van der Waals surface area contributed by atoms with Crippen LogP contribution in [-0.4, -0.2) is 0 Å². The summed E-state index contributed by atoms with van der Waals surface area (Å²) >= 11 is 5.38. The van der Waals surface area contributed by atoms with E-state index in [1.807, 2.05) is 6.07 Å². The summed E-state index contributed by atoms with van der Waals surface area (Å²) in [6.45, 7) is 2.78. The molecule has 1 heterocycles.